The average molecular weight is 378 g/mol. The molecule has 2 fully saturated rings. The minimum Gasteiger partial charge on any atom is -0.335 e. The van der Waals surface area contributed by atoms with E-state index < -0.39 is 21.9 Å². The summed E-state index contributed by atoms with van der Waals surface area (Å²) in [7, 11) is -3.23. The number of rotatable bonds is 3. The Morgan fingerprint density at radius 1 is 1.00 bits per heavy atom. The first kappa shape index (κ1) is 18.9. The van der Waals surface area contributed by atoms with Crippen molar-refractivity contribution >= 4 is 21.7 Å². The highest BCUT2D eigenvalue weighted by Crippen LogP contribution is 2.28. The zero-order valence-electron chi connectivity index (χ0n) is 15.6. The van der Waals surface area contributed by atoms with Gasteiger partial charge in [0, 0.05) is 26.4 Å². The molecule has 0 N–H and O–H groups in total. The molecule has 142 valence electrons. The van der Waals surface area contributed by atoms with Gasteiger partial charge in [0.25, 0.3) is 0 Å². The number of benzene rings is 1. The van der Waals surface area contributed by atoms with Crippen molar-refractivity contribution in [2.24, 2.45) is 0 Å². The summed E-state index contributed by atoms with van der Waals surface area (Å²) in [5.41, 5.74) is 3.46. The first-order chi connectivity index (χ1) is 12.2. The van der Waals surface area contributed by atoms with Crippen LogP contribution in [-0.2, 0) is 25.8 Å². The number of hydrogen-bond acceptors (Lipinski definition) is 4. The summed E-state index contributed by atoms with van der Waals surface area (Å²) >= 11 is 0. The molecule has 1 aromatic rings. The zero-order valence-corrected chi connectivity index (χ0v) is 16.4. The summed E-state index contributed by atoms with van der Waals surface area (Å²) in [6, 6.07) is 5.44. The lowest BCUT2D eigenvalue weighted by atomic mass is 10.0. The zero-order chi connectivity index (χ0) is 19.1. The number of nitrogens with zero attached hydrogens (tertiary/aromatic N) is 2. The lowest BCUT2D eigenvalue weighted by molar-refractivity contribution is -0.144. The van der Waals surface area contributed by atoms with Crippen LogP contribution in [0.15, 0.2) is 18.2 Å². The highest BCUT2D eigenvalue weighted by atomic mass is 32.2. The summed E-state index contributed by atoms with van der Waals surface area (Å²) in [5.74, 6) is -0.242. The molecule has 0 aromatic heterocycles. The van der Waals surface area contributed by atoms with E-state index in [2.05, 4.69) is 18.2 Å². The molecule has 0 spiro atoms. The van der Waals surface area contributed by atoms with Crippen LogP contribution in [-0.4, -0.2) is 66.7 Å². The van der Waals surface area contributed by atoms with Gasteiger partial charge in [-0.15, -0.1) is 0 Å². The first-order valence-electron chi connectivity index (χ1n) is 9.00. The molecule has 0 aliphatic carbocycles. The molecule has 1 aromatic carbocycles. The molecule has 0 radical (unpaired) electrons. The van der Waals surface area contributed by atoms with Crippen LogP contribution < -0.4 is 0 Å². The van der Waals surface area contributed by atoms with Crippen LogP contribution in [0.25, 0.3) is 0 Å². The maximum Gasteiger partial charge on any atom is 0.223 e. The number of hydrogen-bond donors (Lipinski definition) is 0. The highest BCUT2D eigenvalue weighted by Gasteiger charge is 2.48. The molecule has 2 saturated heterocycles. The van der Waals surface area contributed by atoms with Gasteiger partial charge in [0.15, 0.2) is 9.84 Å². The Morgan fingerprint density at radius 3 is 2.12 bits per heavy atom. The third-order valence-corrected chi connectivity index (χ3v) is 7.01. The van der Waals surface area contributed by atoms with Crippen LogP contribution in [0.5, 0.6) is 0 Å². The Labute approximate surface area is 155 Å². The van der Waals surface area contributed by atoms with Gasteiger partial charge in [-0.1, -0.05) is 29.3 Å². The van der Waals surface area contributed by atoms with Crippen LogP contribution in [0, 0.1) is 13.8 Å². The number of amides is 2. The predicted octanol–water partition coefficient (Wildman–Crippen LogP) is 1.09. The fourth-order valence-corrected chi connectivity index (χ4v) is 6.24. The van der Waals surface area contributed by atoms with Crippen LogP contribution in [0.3, 0.4) is 0 Å². The first-order valence-corrected chi connectivity index (χ1v) is 10.8. The van der Waals surface area contributed by atoms with Crippen LogP contribution in [0.4, 0.5) is 0 Å². The third kappa shape index (κ3) is 3.92. The minimum atomic E-state index is -3.23. The van der Waals surface area contributed by atoms with Gasteiger partial charge in [-0.2, -0.15) is 0 Å². The average Bonchev–Trinajstić information content (AvgIpc) is 2.85. The molecule has 0 bridgehead atoms. The van der Waals surface area contributed by atoms with Gasteiger partial charge in [0.2, 0.25) is 11.8 Å². The Bertz CT molecular complexity index is 814. The second kappa shape index (κ2) is 7.02. The maximum atomic E-state index is 12.8. The van der Waals surface area contributed by atoms with E-state index in [-0.39, 0.29) is 23.3 Å². The molecule has 26 heavy (non-hydrogen) atoms. The number of fused-ring (bicyclic) bond motifs is 1. The van der Waals surface area contributed by atoms with Gasteiger partial charge in [0.05, 0.1) is 23.6 Å². The van der Waals surface area contributed by atoms with Crippen molar-refractivity contribution in [1.82, 2.24) is 9.80 Å². The van der Waals surface area contributed by atoms with Gasteiger partial charge in [0.1, 0.15) is 0 Å². The Kier molecular flexibility index (Phi) is 5.10. The van der Waals surface area contributed by atoms with E-state index in [4.69, 9.17) is 0 Å². The van der Waals surface area contributed by atoms with Gasteiger partial charge in [-0.3, -0.25) is 9.59 Å². The number of carbonyl (C=O) groups is 2. The number of aryl methyl sites for hydroxylation is 3. The standard InChI is InChI=1S/C19H26N2O4S/c1-13-8-14(2)10-16(9-13)4-5-19(23)21-7-6-20(15(3)22)17-11-26(24,25)12-18(17)21/h8-10,17-18H,4-7,11-12H2,1-3H3/t17-,18+/m1/s1. The molecular weight excluding hydrogens is 352 g/mol. The fourth-order valence-electron chi connectivity index (χ4n) is 4.26. The van der Waals surface area contributed by atoms with Gasteiger partial charge in [-0.05, 0) is 25.8 Å². The summed E-state index contributed by atoms with van der Waals surface area (Å²) in [6.45, 7) is 6.34. The van der Waals surface area contributed by atoms with Gasteiger partial charge < -0.3 is 9.80 Å². The van der Waals surface area contributed by atoms with Crippen molar-refractivity contribution in [2.45, 2.75) is 45.7 Å². The quantitative estimate of drug-likeness (QED) is 0.789. The van der Waals surface area contributed by atoms with Gasteiger partial charge in [-0.25, -0.2) is 8.42 Å². The van der Waals surface area contributed by atoms with E-state index in [0.29, 0.717) is 25.9 Å². The van der Waals surface area contributed by atoms with Crippen molar-refractivity contribution in [3.05, 3.63) is 34.9 Å². The van der Waals surface area contributed by atoms with Crippen molar-refractivity contribution in [3.63, 3.8) is 0 Å². The molecule has 2 atom stereocenters. The topological polar surface area (TPSA) is 74.8 Å². The van der Waals surface area contributed by atoms with Crippen molar-refractivity contribution in [1.29, 1.82) is 0 Å². The molecule has 0 saturated carbocycles. The Hall–Kier alpha value is -1.89. The molecular formula is C19H26N2O4S. The SMILES string of the molecule is CC(=O)N1CCN(C(=O)CCc2cc(C)cc(C)c2)[C@H]2CS(=O)(=O)C[C@H]21. The molecule has 7 heteroatoms. The third-order valence-electron chi connectivity index (χ3n) is 5.31. The van der Waals surface area contributed by atoms with Crippen LogP contribution in [0.2, 0.25) is 0 Å². The second-order valence-corrected chi connectivity index (χ2v) is 9.66. The Balaban J connectivity index is 1.72. The van der Waals surface area contributed by atoms with Crippen molar-refractivity contribution < 1.29 is 18.0 Å². The van der Waals surface area contributed by atoms with Crippen LogP contribution >= 0.6 is 0 Å². The minimum absolute atomic E-state index is 0.0283. The number of piperazine rings is 1. The summed E-state index contributed by atoms with van der Waals surface area (Å²) in [5, 5.41) is 0. The highest BCUT2D eigenvalue weighted by molar-refractivity contribution is 7.91. The summed E-state index contributed by atoms with van der Waals surface area (Å²) in [6.07, 6.45) is 0.991. The van der Waals surface area contributed by atoms with Crippen molar-refractivity contribution in [2.75, 3.05) is 24.6 Å². The fraction of sp³-hybridized carbons (Fsp3) is 0.579. The molecule has 2 amide bonds. The van der Waals surface area contributed by atoms with E-state index in [1.807, 2.05) is 13.8 Å². The lowest BCUT2D eigenvalue weighted by Gasteiger charge is -2.43. The van der Waals surface area contributed by atoms with E-state index in [9.17, 15) is 18.0 Å². The number of sulfone groups is 1. The van der Waals surface area contributed by atoms with E-state index >= 15 is 0 Å². The molecule has 3 rings (SSSR count). The normalized spacial score (nSPS) is 24.4. The predicted molar refractivity (Wildman–Crippen MR) is 99.6 cm³/mol. The second-order valence-electron chi connectivity index (χ2n) is 7.51. The number of carbonyl (C=O) groups excluding carboxylic acids is 2. The van der Waals surface area contributed by atoms with Crippen LogP contribution in [0.1, 0.15) is 30.0 Å². The largest absolute Gasteiger partial charge is 0.335 e. The smallest absolute Gasteiger partial charge is 0.223 e. The van der Waals surface area contributed by atoms with Gasteiger partial charge >= 0.3 is 0 Å². The van der Waals surface area contributed by atoms with E-state index in [0.717, 1.165) is 5.56 Å². The molecule has 6 nitrogen and oxygen atoms in total. The van der Waals surface area contributed by atoms with E-state index in [1.165, 1.54) is 18.1 Å². The monoisotopic (exact) mass is 378 g/mol. The van der Waals surface area contributed by atoms with Crippen molar-refractivity contribution in [3.8, 4) is 0 Å². The van der Waals surface area contributed by atoms with E-state index in [1.54, 1.807) is 9.80 Å². The molecule has 0 unspecified atom stereocenters. The molecule has 2 heterocycles. The maximum absolute atomic E-state index is 12.8. The summed E-state index contributed by atoms with van der Waals surface area (Å²) in [4.78, 5) is 27.9. The molecule has 2 aliphatic rings. The molecule has 2 aliphatic heterocycles. The Morgan fingerprint density at radius 2 is 1.54 bits per heavy atom. The summed E-state index contributed by atoms with van der Waals surface area (Å²) < 4.78 is 24.2. The lowest BCUT2D eigenvalue weighted by Crippen LogP contribution is -2.61.